The summed E-state index contributed by atoms with van der Waals surface area (Å²) in [5.41, 5.74) is -0.357. The van der Waals surface area contributed by atoms with E-state index < -0.39 is 18.5 Å². The maximum Gasteiger partial charge on any atom is 0.434 e. The largest absolute Gasteiger partial charge is 0.434 e. The number of halogens is 6. The summed E-state index contributed by atoms with van der Waals surface area (Å²) in [6.45, 7) is -1.26. The molecule has 3 nitrogen and oxygen atoms in total. The lowest BCUT2D eigenvalue weighted by atomic mass is 10.1. The minimum Gasteiger partial charge on any atom is -0.434 e. The Hall–Kier alpha value is -1.64. The molecule has 0 bridgehead atoms. The van der Waals surface area contributed by atoms with E-state index in [4.69, 9.17) is 0 Å². The Bertz CT molecular complexity index is 684. The van der Waals surface area contributed by atoms with Crippen molar-refractivity contribution in [2.75, 3.05) is 0 Å². The van der Waals surface area contributed by atoms with Crippen LogP contribution in [0, 0.1) is 0 Å². The molecule has 0 atom stereocenters. The summed E-state index contributed by atoms with van der Waals surface area (Å²) < 4.78 is 69.4. The number of aromatic nitrogens is 2. The topological polar surface area (TPSA) is 27.1 Å². The van der Waals surface area contributed by atoms with E-state index in [9.17, 15) is 22.0 Å². The number of rotatable bonds is 5. The average molecular weight is 399 g/mol. The Morgan fingerprint density at radius 3 is 2.52 bits per heavy atom. The number of nitrogens with zero attached hydrogens (tertiary/aromatic N) is 2. The molecule has 0 aliphatic carbocycles. The number of imidazole rings is 1. The molecule has 0 amide bonds. The van der Waals surface area contributed by atoms with Crippen molar-refractivity contribution in [3.63, 3.8) is 0 Å². The van der Waals surface area contributed by atoms with Gasteiger partial charge in [0.1, 0.15) is 11.6 Å². The van der Waals surface area contributed by atoms with E-state index in [1.54, 1.807) is 13.0 Å². The first-order chi connectivity index (χ1) is 10.8. The van der Waals surface area contributed by atoms with Crippen molar-refractivity contribution in [2.45, 2.75) is 31.6 Å². The molecule has 2 aromatic rings. The molecule has 1 aromatic heterocycles. The van der Waals surface area contributed by atoms with E-state index in [1.807, 2.05) is 0 Å². The highest BCUT2D eigenvalue weighted by atomic mass is 79.9. The van der Waals surface area contributed by atoms with Crippen molar-refractivity contribution in [3.8, 4) is 17.1 Å². The van der Waals surface area contributed by atoms with E-state index in [2.05, 4.69) is 25.7 Å². The van der Waals surface area contributed by atoms with Crippen LogP contribution in [0.25, 0.3) is 11.4 Å². The smallest absolute Gasteiger partial charge is 0.434 e. The predicted molar refractivity (Wildman–Crippen MR) is 77.6 cm³/mol. The standard InChI is InChI=1S/C14H12BrF5N2O/c1-2-22-7-11(14(18,19)20)21-12(22)9-4-3-8(6-15)5-10(9)23-13(16)17/h3-5,7,13H,2,6H2,1H3. The van der Waals surface area contributed by atoms with Crippen LogP contribution in [0.2, 0.25) is 0 Å². The van der Waals surface area contributed by atoms with Crippen molar-refractivity contribution in [2.24, 2.45) is 0 Å². The van der Waals surface area contributed by atoms with Gasteiger partial charge in [0.05, 0.1) is 5.56 Å². The maximum atomic E-state index is 12.8. The summed E-state index contributed by atoms with van der Waals surface area (Å²) in [7, 11) is 0. The third kappa shape index (κ3) is 4.01. The molecule has 0 aliphatic heterocycles. The first-order valence-corrected chi connectivity index (χ1v) is 7.66. The Morgan fingerprint density at radius 1 is 1.30 bits per heavy atom. The van der Waals surface area contributed by atoms with Crippen molar-refractivity contribution < 1.29 is 26.7 Å². The van der Waals surface area contributed by atoms with Gasteiger partial charge in [0.25, 0.3) is 0 Å². The highest BCUT2D eigenvalue weighted by molar-refractivity contribution is 9.08. The van der Waals surface area contributed by atoms with Crippen LogP contribution in [0.15, 0.2) is 24.4 Å². The second-order valence-electron chi connectivity index (χ2n) is 4.58. The van der Waals surface area contributed by atoms with Gasteiger partial charge >= 0.3 is 12.8 Å². The minimum atomic E-state index is -4.62. The first kappa shape index (κ1) is 17.7. The first-order valence-electron chi connectivity index (χ1n) is 6.54. The fourth-order valence-electron chi connectivity index (χ4n) is 2.04. The number of alkyl halides is 6. The van der Waals surface area contributed by atoms with Crippen molar-refractivity contribution in [1.29, 1.82) is 0 Å². The van der Waals surface area contributed by atoms with E-state index in [0.29, 0.717) is 10.9 Å². The molecule has 9 heteroatoms. The van der Waals surface area contributed by atoms with Crippen LogP contribution < -0.4 is 4.74 Å². The second-order valence-corrected chi connectivity index (χ2v) is 5.14. The SMILES string of the molecule is CCn1cc(C(F)(F)F)nc1-c1ccc(CBr)cc1OC(F)F. The average Bonchev–Trinajstić information content (AvgIpc) is 2.90. The van der Waals surface area contributed by atoms with Crippen LogP contribution in [-0.4, -0.2) is 16.2 Å². The summed E-state index contributed by atoms with van der Waals surface area (Å²) in [5.74, 6) is -0.289. The molecule has 0 N–H and O–H groups in total. The van der Waals surface area contributed by atoms with Gasteiger partial charge in [-0.2, -0.15) is 22.0 Å². The third-order valence-electron chi connectivity index (χ3n) is 3.06. The summed E-state index contributed by atoms with van der Waals surface area (Å²) in [4.78, 5) is 3.55. The lowest BCUT2D eigenvalue weighted by Gasteiger charge is -2.12. The molecule has 0 saturated carbocycles. The minimum absolute atomic E-state index is 0.0726. The molecule has 23 heavy (non-hydrogen) atoms. The molecule has 126 valence electrons. The highest BCUT2D eigenvalue weighted by Gasteiger charge is 2.35. The number of hydrogen-bond acceptors (Lipinski definition) is 2. The molecule has 2 rings (SSSR count). The molecule has 0 unspecified atom stereocenters. The maximum absolute atomic E-state index is 12.8. The van der Waals surface area contributed by atoms with Crippen LogP contribution in [-0.2, 0) is 18.1 Å². The normalized spacial score (nSPS) is 12.0. The second kappa shape index (κ2) is 6.86. The van der Waals surface area contributed by atoms with Crippen molar-refractivity contribution >= 4 is 15.9 Å². The summed E-state index contributed by atoms with van der Waals surface area (Å²) >= 11 is 3.18. The zero-order valence-corrected chi connectivity index (χ0v) is 13.5. The van der Waals surface area contributed by atoms with Crippen LogP contribution in [0.5, 0.6) is 5.75 Å². The summed E-state index contributed by atoms with van der Waals surface area (Å²) in [6.07, 6.45) is -3.77. The van der Waals surface area contributed by atoms with Gasteiger partial charge in [0.2, 0.25) is 0 Å². The molecule has 0 aliphatic rings. The third-order valence-corrected chi connectivity index (χ3v) is 3.71. The monoisotopic (exact) mass is 398 g/mol. The molecule has 1 aromatic carbocycles. The van der Waals surface area contributed by atoms with Crippen molar-refractivity contribution in [3.05, 3.63) is 35.7 Å². The highest BCUT2D eigenvalue weighted by Crippen LogP contribution is 2.35. The van der Waals surface area contributed by atoms with Gasteiger partial charge in [-0.3, -0.25) is 0 Å². The van der Waals surface area contributed by atoms with Crippen LogP contribution >= 0.6 is 15.9 Å². The van der Waals surface area contributed by atoms with E-state index in [1.165, 1.54) is 16.7 Å². The van der Waals surface area contributed by atoms with Gasteiger partial charge in [0, 0.05) is 18.1 Å². The molecule has 0 saturated heterocycles. The van der Waals surface area contributed by atoms with Crippen molar-refractivity contribution in [1.82, 2.24) is 9.55 Å². The number of benzene rings is 1. The van der Waals surface area contributed by atoms with Gasteiger partial charge in [-0.25, -0.2) is 4.98 Å². The van der Waals surface area contributed by atoms with Gasteiger partial charge in [-0.15, -0.1) is 0 Å². The lowest BCUT2D eigenvalue weighted by molar-refractivity contribution is -0.140. The predicted octanol–water partition coefficient (Wildman–Crippen LogP) is 5.09. The Labute approximate surface area is 137 Å². The van der Waals surface area contributed by atoms with E-state index >= 15 is 0 Å². The molecule has 0 radical (unpaired) electrons. The molecule has 0 fully saturated rings. The summed E-state index contributed by atoms with van der Waals surface area (Å²) in [6, 6.07) is 4.37. The zero-order valence-electron chi connectivity index (χ0n) is 11.9. The number of hydrogen-bond donors (Lipinski definition) is 0. The molecular weight excluding hydrogens is 387 g/mol. The fraction of sp³-hybridized carbons (Fsp3) is 0.357. The Kier molecular flexibility index (Phi) is 5.28. The lowest BCUT2D eigenvalue weighted by Crippen LogP contribution is -2.06. The van der Waals surface area contributed by atoms with Gasteiger partial charge < -0.3 is 9.30 Å². The van der Waals surface area contributed by atoms with Crippen LogP contribution in [0.4, 0.5) is 22.0 Å². The molecular formula is C14H12BrF5N2O. The van der Waals surface area contributed by atoms with Gasteiger partial charge in [0.15, 0.2) is 5.69 Å². The zero-order chi connectivity index (χ0) is 17.2. The molecule has 1 heterocycles. The summed E-state index contributed by atoms with van der Waals surface area (Å²) in [5, 5.41) is 0.392. The fourth-order valence-corrected chi connectivity index (χ4v) is 2.39. The molecule has 0 spiro atoms. The van der Waals surface area contributed by atoms with E-state index in [0.717, 1.165) is 6.20 Å². The van der Waals surface area contributed by atoms with Crippen LogP contribution in [0.1, 0.15) is 18.2 Å². The van der Waals surface area contributed by atoms with Crippen LogP contribution in [0.3, 0.4) is 0 Å². The van der Waals surface area contributed by atoms with Gasteiger partial charge in [-0.1, -0.05) is 22.0 Å². The number of ether oxygens (including phenoxy) is 1. The van der Waals surface area contributed by atoms with Gasteiger partial charge in [-0.05, 0) is 24.6 Å². The Balaban J connectivity index is 2.58. The Morgan fingerprint density at radius 2 is 2.00 bits per heavy atom. The quantitative estimate of drug-likeness (QED) is 0.518. The van der Waals surface area contributed by atoms with E-state index in [-0.39, 0.29) is 23.7 Å². The number of aryl methyl sites for hydroxylation is 1.